The summed E-state index contributed by atoms with van der Waals surface area (Å²) in [4.78, 5) is 60.7. The monoisotopic (exact) mass is 442 g/mol. The van der Waals surface area contributed by atoms with E-state index in [4.69, 9.17) is 9.84 Å². The maximum atomic E-state index is 13.5. The first-order valence-corrected chi connectivity index (χ1v) is 11.4. The molecule has 4 aliphatic carbocycles. The van der Waals surface area contributed by atoms with Gasteiger partial charge >= 0.3 is 11.9 Å². The SMILES string of the molecule is C[C@]12C=CC(=O)C=C1CC[C@@H]1C2C(=O)C[C@@]2(C)C1CC[C@@H]2C(=O)COC(=O)CCC(=O)O. The van der Waals surface area contributed by atoms with Gasteiger partial charge in [0.25, 0.3) is 0 Å². The second-order valence-electron chi connectivity index (χ2n) is 10.3. The Morgan fingerprint density at radius 3 is 2.59 bits per heavy atom. The molecular formula is C25H30O7. The summed E-state index contributed by atoms with van der Waals surface area (Å²) in [5.41, 5.74) is 0.146. The molecule has 0 aromatic heterocycles. The Balaban J connectivity index is 1.49. The van der Waals surface area contributed by atoms with Crippen molar-refractivity contribution in [1.82, 2.24) is 0 Å². The largest absolute Gasteiger partial charge is 0.481 e. The van der Waals surface area contributed by atoms with E-state index in [0.29, 0.717) is 12.8 Å². The predicted octanol–water partition coefficient (Wildman–Crippen LogP) is 3.07. The number of carbonyl (C=O) groups is 5. The van der Waals surface area contributed by atoms with Crippen molar-refractivity contribution in [2.45, 2.75) is 58.8 Å². The van der Waals surface area contributed by atoms with Gasteiger partial charge in [0, 0.05) is 23.7 Å². The molecule has 2 unspecified atom stereocenters. The van der Waals surface area contributed by atoms with Gasteiger partial charge in [-0.15, -0.1) is 0 Å². The van der Waals surface area contributed by atoms with Crippen molar-refractivity contribution in [2.24, 2.45) is 34.5 Å². The summed E-state index contributed by atoms with van der Waals surface area (Å²) in [6.07, 6.45) is 8.04. The van der Waals surface area contributed by atoms with E-state index in [2.05, 4.69) is 6.92 Å². The topological polar surface area (TPSA) is 115 Å². The minimum absolute atomic E-state index is 0.0200. The highest BCUT2D eigenvalue weighted by Crippen LogP contribution is 2.64. The van der Waals surface area contributed by atoms with Crippen molar-refractivity contribution >= 4 is 29.3 Å². The van der Waals surface area contributed by atoms with E-state index in [1.165, 1.54) is 0 Å². The zero-order valence-corrected chi connectivity index (χ0v) is 18.6. The summed E-state index contributed by atoms with van der Waals surface area (Å²) in [6.45, 7) is 3.72. The van der Waals surface area contributed by atoms with E-state index in [0.717, 1.165) is 24.8 Å². The van der Waals surface area contributed by atoms with Gasteiger partial charge in [0.15, 0.2) is 11.6 Å². The number of carboxylic acids is 1. The maximum absolute atomic E-state index is 13.5. The van der Waals surface area contributed by atoms with Crippen molar-refractivity contribution in [3.63, 3.8) is 0 Å². The fraction of sp³-hybridized carbons (Fsp3) is 0.640. The zero-order valence-electron chi connectivity index (χ0n) is 18.6. The molecule has 4 aliphatic rings. The number of carboxylic acid groups (broad SMARTS) is 1. The van der Waals surface area contributed by atoms with Crippen LogP contribution in [0, 0.1) is 34.5 Å². The van der Waals surface area contributed by atoms with Gasteiger partial charge in [-0.05, 0) is 55.1 Å². The third-order valence-corrected chi connectivity index (χ3v) is 8.56. The highest BCUT2D eigenvalue weighted by atomic mass is 16.5. The average Bonchev–Trinajstić information content (AvgIpc) is 3.07. The number of Topliss-reactive ketones (excluding diaryl/α,β-unsaturated/α-hetero) is 2. The fourth-order valence-corrected chi connectivity index (χ4v) is 7.09. The number of ketones is 3. The Hall–Kier alpha value is -2.57. The normalized spacial score (nSPS) is 37.8. The van der Waals surface area contributed by atoms with Gasteiger partial charge in [-0.3, -0.25) is 24.0 Å². The first-order valence-electron chi connectivity index (χ1n) is 11.4. The Morgan fingerprint density at radius 2 is 1.88 bits per heavy atom. The number of aliphatic carboxylic acids is 1. The van der Waals surface area contributed by atoms with Crippen LogP contribution in [0.3, 0.4) is 0 Å². The van der Waals surface area contributed by atoms with Crippen molar-refractivity contribution in [1.29, 1.82) is 0 Å². The fourth-order valence-electron chi connectivity index (χ4n) is 7.09. The Labute approximate surface area is 187 Å². The van der Waals surface area contributed by atoms with E-state index in [9.17, 15) is 24.0 Å². The minimum atomic E-state index is -1.09. The summed E-state index contributed by atoms with van der Waals surface area (Å²) < 4.78 is 5.04. The molecule has 0 heterocycles. The van der Waals surface area contributed by atoms with Crippen LogP contribution in [0.1, 0.15) is 58.8 Å². The Bertz CT molecular complexity index is 944. The summed E-state index contributed by atoms with van der Waals surface area (Å²) in [6, 6.07) is 0. The molecule has 7 nitrogen and oxygen atoms in total. The predicted molar refractivity (Wildman–Crippen MR) is 113 cm³/mol. The number of carbonyl (C=O) groups excluding carboxylic acids is 4. The zero-order chi connectivity index (χ0) is 23.3. The van der Waals surface area contributed by atoms with Crippen molar-refractivity contribution < 1.29 is 33.8 Å². The molecule has 1 N–H and O–H groups in total. The van der Waals surface area contributed by atoms with Gasteiger partial charge in [-0.25, -0.2) is 0 Å². The molecular weight excluding hydrogens is 412 g/mol. The molecule has 0 radical (unpaired) electrons. The summed E-state index contributed by atoms with van der Waals surface area (Å²) in [7, 11) is 0. The lowest BCUT2D eigenvalue weighted by atomic mass is 9.47. The molecule has 0 amide bonds. The Morgan fingerprint density at radius 1 is 1.12 bits per heavy atom. The van der Waals surface area contributed by atoms with E-state index in [1.807, 2.05) is 13.0 Å². The van der Waals surface area contributed by atoms with Gasteiger partial charge in [-0.1, -0.05) is 25.5 Å². The van der Waals surface area contributed by atoms with Crippen LogP contribution in [0.2, 0.25) is 0 Å². The number of esters is 1. The quantitative estimate of drug-likeness (QED) is 0.629. The molecule has 0 aliphatic heterocycles. The number of hydrogen-bond acceptors (Lipinski definition) is 6. The maximum Gasteiger partial charge on any atom is 0.306 e. The van der Waals surface area contributed by atoms with Gasteiger partial charge < -0.3 is 9.84 Å². The van der Waals surface area contributed by atoms with Crippen LogP contribution in [0.5, 0.6) is 0 Å². The summed E-state index contributed by atoms with van der Waals surface area (Å²) in [5.74, 6) is -1.97. The first-order chi connectivity index (χ1) is 15.1. The third-order valence-electron chi connectivity index (χ3n) is 8.56. The van der Waals surface area contributed by atoms with Crippen molar-refractivity contribution in [2.75, 3.05) is 6.61 Å². The summed E-state index contributed by atoms with van der Waals surface area (Å²) >= 11 is 0. The second-order valence-corrected chi connectivity index (χ2v) is 10.3. The standard InChI is InChI=1S/C25H30O7/c1-24-10-9-15(26)11-14(24)3-4-16-17-5-6-18(25(17,2)12-19(27)23(16)24)20(28)13-32-22(31)8-7-21(29)30/h9-11,16-18,23H,3-8,12-13H2,1-2H3,(H,29,30)/t16-,17?,18+,23?,24-,25-/m0/s1. The van der Waals surface area contributed by atoms with Crippen LogP contribution >= 0.6 is 0 Å². The van der Waals surface area contributed by atoms with Gasteiger partial charge in [0.05, 0.1) is 12.8 Å². The van der Waals surface area contributed by atoms with Crippen molar-refractivity contribution in [3.05, 3.63) is 23.8 Å². The average molecular weight is 443 g/mol. The van der Waals surface area contributed by atoms with Crippen LogP contribution in [-0.2, 0) is 28.7 Å². The van der Waals surface area contributed by atoms with E-state index < -0.39 is 22.8 Å². The number of ether oxygens (including phenoxy) is 1. The van der Waals surface area contributed by atoms with Crippen LogP contribution in [0.4, 0.5) is 0 Å². The summed E-state index contributed by atoms with van der Waals surface area (Å²) in [5, 5.41) is 8.67. The molecule has 172 valence electrons. The number of fused-ring (bicyclic) bond motifs is 5. The molecule has 0 bridgehead atoms. The lowest BCUT2D eigenvalue weighted by molar-refractivity contribution is -0.154. The molecule has 7 heteroatoms. The van der Waals surface area contributed by atoms with Gasteiger partial charge in [-0.2, -0.15) is 0 Å². The van der Waals surface area contributed by atoms with Crippen LogP contribution in [0.25, 0.3) is 0 Å². The molecule has 0 aromatic rings. The molecule has 0 aromatic carbocycles. The van der Waals surface area contributed by atoms with E-state index >= 15 is 0 Å². The van der Waals surface area contributed by atoms with Crippen LogP contribution in [-0.4, -0.2) is 41.0 Å². The van der Waals surface area contributed by atoms with E-state index in [-0.39, 0.29) is 60.5 Å². The number of rotatable bonds is 6. The molecule has 0 spiro atoms. The highest BCUT2D eigenvalue weighted by molar-refractivity contribution is 6.02. The number of hydrogen-bond donors (Lipinski definition) is 1. The van der Waals surface area contributed by atoms with Crippen LogP contribution in [0.15, 0.2) is 23.8 Å². The highest BCUT2D eigenvalue weighted by Gasteiger charge is 2.62. The van der Waals surface area contributed by atoms with Gasteiger partial charge in [0.1, 0.15) is 12.4 Å². The molecule has 3 fully saturated rings. The molecule has 4 rings (SSSR count). The number of allylic oxidation sites excluding steroid dienone is 4. The lowest BCUT2D eigenvalue weighted by Crippen LogP contribution is -2.54. The smallest absolute Gasteiger partial charge is 0.306 e. The molecule has 6 atom stereocenters. The van der Waals surface area contributed by atoms with Gasteiger partial charge in [0.2, 0.25) is 0 Å². The first kappa shape index (κ1) is 22.6. The molecule has 3 saturated carbocycles. The minimum Gasteiger partial charge on any atom is -0.481 e. The third kappa shape index (κ3) is 3.65. The van der Waals surface area contributed by atoms with Crippen molar-refractivity contribution in [3.8, 4) is 0 Å². The molecule has 32 heavy (non-hydrogen) atoms. The Kier molecular flexibility index (Phi) is 5.72. The lowest BCUT2D eigenvalue weighted by Gasteiger charge is -2.55. The van der Waals surface area contributed by atoms with Crippen LogP contribution < -0.4 is 0 Å². The van der Waals surface area contributed by atoms with E-state index in [1.54, 1.807) is 12.2 Å². The molecule has 0 saturated heterocycles. The second kappa shape index (κ2) is 8.09.